The SMILES string of the molecule is CC(C)c1nc(Br)cc(Cc2nc(C(C)(C)C)cs2)n1. The molecule has 5 heteroatoms. The third-order valence-electron chi connectivity index (χ3n) is 2.93. The summed E-state index contributed by atoms with van der Waals surface area (Å²) >= 11 is 5.17. The second kappa shape index (κ2) is 5.90. The summed E-state index contributed by atoms with van der Waals surface area (Å²) in [5.41, 5.74) is 2.27. The smallest absolute Gasteiger partial charge is 0.132 e. The first-order valence-corrected chi connectivity index (χ1v) is 8.41. The molecule has 0 fully saturated rings. The Morgan fingerprint density at radius 1 is 1.20 bits per heavy atom. The zero-order chi connectivity index (χ0) is 14.9. The third-order valence-corrected chi connectivity index (χ3v) is 4.19. The number of rotatable bonds is 3. The van der Waals surface area contributed by atoms with E-state index in [1.807, 2.05) is 6.07 Å². The van der Waals surface area contributed by atoms with Gasteiger partial charge in [0, 0.05) is 23.1 Å². The Hall–Kier alpha value is -0.810. The second-order valence-corrected chi connectivity index (χ2v) is 8.00. The van der Waals surface area contributed by atoms with Crippen molar-refractivity contribution in [2.75, 3.05) is 0 Å². The van der Waals surface area contributed by atoms with Gasteiger partial charge in [-0.3, -0.25) is 0 Å². The summed E-state index contributed by atoms with van der Waals surface area (Å²) in [5.74, 6) is 1.20. The highest BCUT2D eigenvalue weighted by molar-refractivity contribution is 9.10. The monoisotopic (exact) mass is 353 g/mol. The highest BCUT2D eigenvalue weighted by Crippen LogP contribution is 2.25. The van der Waals surface area contributed by atoms with Crippen molar-refractivity contribution in [3.05, 3.63) is 38.3 Å². The van der Waals surface area contributed by atoms with Gasteiger partial charge < -0.3 is 0 Å². The summed E-state index contributed by atoms with van der Waals surface area (Å²) in [6.07, 6.45) is 0.765. The van der Waals surface area contributed by atoms with Crippen molar-refractivity contribution in [3.8, 4) is 0 Å². The van der Waals surface area contributed by atoms with Gasteiger partial charge in [-0.1, -0.05) is 34.6 Å². The maximum atomic E-state index is 4.72. The average Bonchev–Trinajstić information content (AvgIpc) is 2.76. The lowest BCUT2D eigenvalue weighted by Gasteiger charge is -2.14. The maximum absolute atomic E-state index is 4.72. The van der Waals surface area contributed by atoms with Crippen LogP contribution in [0.5, 0.6) is 0 Å². The van der Waals surface area contributed by atoms with Crippen molar-refractivity contribution in [3.63, 3.8) is 0 Å². The van der Waals surface area contributed by atoms with Gasteiger partial charge in [0.15, 0.2) is 0 Å². The van der Waals surface area contributed by atoms with Gasteiger partial charge in [-0.05, 0) is 22.0 Å². The van der Waals surface area contributed by atoms with Gasteiger partial charge in [0.1, 0.15) is 10.4 Å². The van der Waals surface area contributed by atoms with Crippen molar-refractivity contribution < 1.29 is 0 Å². The van der Waals surface area contributed by atoms with Crippen LogP contribution in [-0.2, 0) is 11.8 Å². The molecule has 0 spiro atoms. The van der Waals surface area contributed by atoms with Gasteiger partial charge >= 0.3 is 0 Å². The Morgan fingerprint density at radius 3 is 2.45 bits per heavy atom. The fraction of sp³-hybridized carbons (Fsp3) is 0.533. The van der Waals surface area contributed by atoms with Gasteiger partial charge in [-0.15, -0.1) is 11.3 Å². The highest BCUT2D eigenvalue weighted by atomic mass is 79.9. The molecule has 0 aliphatic heterocycles. The van der Waals surface area contributed by atoms with Gasteiger partial charge in [0.05, 0.1) is 16.4 Å². The lowest BCUT2D eigenvalue weighted by molar-refractivity contribution is 0.571. The van der Waals surface area contributed by atoms with Crippen LogP contribution in [0, 0.1) is 0 Å². The van der Waals surface area contributed by atoms with Gasteiger partial charge in [0.2, 0.25) is 0 Å². The average molecular weight is 354 g/mol. The van der Waals surface area contributed by atoms with Gasteiger partial charge in [-0.2, -0.15) is 0 Å². The molecule has 3 nitrogen and oxygen atoms in total. The van der Waals surface area contributed by atoms with E-state index in [0.717, 1.165) is 33.2 Å². The number of halogens is 1. The number of hydrogen-bond acceptors (Lipinski definition) is 4. The molecule has 0 amide bonds. The van der Waals surface area contributed by atoms with Crippen LogP contribution >= 0.6 is 27.3 Å². The first-order valence-electron chi connectivity index (χ1n) is 6.74. The van der Waals surface area contributed by atoms with E-state index in [9.17, 15) is 0 Å². The number of aromatic nitrogens is 3. The summed E-state index contributed by atoms with van der Waals surface area (Å²) in [6.45, 7) is 10.8. The molecule has 0 saturated carbocycles. The fourth-order valence-electron chi connectivity index (χ4n) is 1.72. The van der Waals surface area contributed by atoms with Crippen LogP contribution in [0.1, 0.15) is 62.8 Å². The molecule has 2 aromatic rings. The van der Waals surface area contributed by atoms with E-state index in [4.69, 9.17) is 4.98 Å². The van der Waals surface area contributed by atoms with Crippen molar-refractivity contribution in [2.24, 2.45) is 0 Å². The molecular formula is C15H20BrN3S. The van der Waals surface area contributed by atoms with E-state index in [0.29, 0.717) is 5.92 Å². The molecule has 0 bridgehead atoms. The standard InChI is InChI=1S/C15H20BrN3S/c1-9(2)14-17-10(6-12(16)19-14)7-13-18-11(8-20-13)15(3,4)5/h6,8-9H,7H2,1-5H3. The summed E-state index contributed by atoms with van der Waals surface area (Å²) in [7, 11) is 0. The Labute approximate surface area is 133 Å². The summed E-state index contributed by atoms with van der Waals surface area (Å²) in [6, 6.07) is 1.98. The van der Waals surface area contributed by atoms with Crippen molar-refractivity contribution in [2.45, 2.75) is 52.4 Å². The van der Waals surface area contributed by atoms with Crippen LogP contribution in [-0.4, -0.2) is 15.0 Å². The van der Waals surface area contributed by atoms with Crippen LogP contribution in [0.25, 0.3) is 0 Å². The van der Waals surface area contributed by atoms with E-state index in [2.05, 4.69) is 65.9 Å². The second-order valence-electron chi connectivity index (χ2n) is 6.25. The van der Waals surface area contributed by atoms with Crippen molar-refractivity contribution in [1.29, 1.82) is 0 Å². The number of thiazole rings is 1. The quantitative estimate of drug-likeness (QED) is 0.750. The summed E-state index contributed by atoms with van der Waals surface area (Å²) < 4.78 is 0.846. The zero-order valence-electron chi connectivity index (χ0n) is 12.6. The van der Waals surface area contributed by atoms with Crippen LogP contribution in [0.2, 0.25) is 0 Å². The minimum atomic E-state index is 0.101. The molecule has 0 aliphatic carbocycles. The van der Waals surface area contributed by atoms with Gasteiger partial charge in [-0.25, -0.2) is 15.0 Å². The topological polar surface area (TPSA) is 38.7 Å². The Bertz CT molecular complexity index is 599. The van der Waals surface area contributed by atoms with Crippen LogP contribution in [0.15, 0.2) is 16.0 Å². The lowest BCUT2D eigenvalue weighted by Crippen LogP contribution is -2.11. The van der Waals surface area contributed by atoms with E-state index >= 15 is 0 Å². The Kier molecular flexibility index (Phi) is 4.59. The lowest BCUT2D eigenvalue weighted by atomic mass is 9.93. The Morgan fingerprint density at radius 2 is 1.90 bits per heavy atom. The molecule has 108 valence electrons. The molecule has 20 heavy (non-hydrogen) atoms. The third kappa shape index (κ3) is 3.85. The molecule has 0 radical (unpaired) electrons. The molecule has 2 heterocycles. The van der Waals surface area contributed by atoms with E-state index < -0.39 is 0 Å². The maximum Gasteiger partial charge on any atom is 0.132 e. The highest BCUT2D eigenvalue weighted by Gasteiger charge is 2.18. The minimum absolute atomic E-state index is 0.101. The molecule has 2 aromatic heterocycles. The summed E-state index contributed by atoms with van der Waals surface area (Å²) in [5, 5.41) is 3.25. The van der Waals surface area contributed by atoms with E-state index in [1.165, 1.54) is 0 Å². The minimum Gasteiger partial charge on any atom is -0.245 e. The molecule has 0 atom stereocenters. The normalized spacial score (nSPS) is 12.2. The summed E-state index contributed by atoms with van der Waals surface area (Å²) in [4.78, 5) is 13.8. The molecule has 0 aromatic carbocycles. The molecule has 0 aliphatic rings. The molecule has 0 N–H and O–H groups in total. The van der Waals surface area contributed by atoms with Crippen molar-refractivity contribution >= 4 is 27.3 Å². The first kappa shape index (κ1) is 15.6. The Balaban J connectivity index is 2.24. The van der Waals surface area contributed by atoms with Crippen LogP contribution in [0.3, 0.4) is 0 Å². The van der Waals surface area contributed by atoms with Gasteiger partial charge in [0.25, 0.3) is 0 Å². The predicted molar refractivity (Wildman–Crippen MR) is 87.4 cm³/mol. The van der Waals surface area contributed by atoms with E-state index in [-0.39, 0.29) is 5.41 Å². The molecule has 0 unspecified atom stereocenters. The predicted octanol–water partition coefficient (Wildman–Crippen LogP) is 4.71. The van der Waals surface area contributed by atoms with Crippen molar-refractivity contribution in [1.82, 2.24) is 15.0 Å². The van der Waals surface area contributed by atoms with E-state index in [1.54, 1.807) is 11.3 Å². The first-order chi connectivity index (χ1) is 9.25. The van der Waals surface area contributed by atoms with Crippen LogP contribution < -0.4 is 0 Å². The number of nitrogens with zero attached hydrogens (tertiary/aromatic N) is 3. The molecular weight excluding hydrogens is 334 g/mol. The van der Waals surface area contributed by atoms with Crippen LogP contribution in [0.4, 0.5) is 0 Å². The fourth-order valence-corrected chi connectivity index (χ4v) is 3.21. The largest absolute Gasteiger partial charge is 0.245 e. The number of hydrogen-bond donors (Lipinski definition) is 0. The zero-order valence-corrected chi connectivity index (χ0v) is 15.0. The molecule has 0 saturated heterocycles. The molecule has 2 rings (SSSR count).